The lowest BCUT2D eigenvalue weighted by atomic mass is 9.91. The van der Waals surface area contributed by atoms with Crippen LogP contribution in [-0.2, 0) is 3.63 Å². The largest absolute Gasteiger partial charge is 0.246 e. The summed E-state index contributed by atoms with van der Waals surface area (Å²) in [6, 6.07) is 21.9. The maximum Gasteiger partial charge on any atom is 0.0601 e. The highest BCUT2D eigenvalue weighted by Gasteiger charge is 2.27. The molecule has 0 spiro atoms. The van der Waals surface area contributed by atoms with Crippen molar-refractivity contribution >= 4 is 24.1 Å². The zero-order valence-electron chi connectivity index (χ0n) is 20.0. The van der Waals surface area contributed by atoms with Gasteiger partial charge in [0, 0.05) is 24.1 Å². The molecule has 0 fully saturated rings. The minimum absolute atomic E-state index is 0.386. The quantitative estimate of drug-likeness (QED) is 0.231. The third kappa shape index (κ3) is 8.86. The molecular formula is C28H42OS2. The Labute approximate surface area is 200 Å². The Bertz CT molecular complexity index is 616. The topological polar surface area (TPSA) is 9.23 Å². The predicted octanol–water partition coefficient (Wildman–Crippen LogP) is 10.2. The Balaban J connectivity index is 2.13. The van der Waals surface area contributed by atoms with Gasteiger partial charge in [0.25, 0.3) is 0 Å². The highest BCUT2D eigenvalue weighted by molar-refractivity contribution is 8.08. The molecule has 0 bridgehead atoms. The summed E-state index contributed by atoms with van der Waals surface area (Å²) in [4.78, 5) is 0. The Kier molecular flexibility index (Phi) is 13.5. The second-order valence-corrected chi connectivity index (χ2v) is 10.5. The lowest BCUT2D eigenvalue weighted by Crippen LogP contribution is -2.12. The molecule has 2 rings (SSSR count). The van der Waals surface area contributed by atoms with Crippen molar-refractivity contribution in [3.05, 3.63) is 71.8 Å². The van der Waals surface area contributed by atoms with Crippen LogP contribution >= 0.6 is 24.1 Å². The van der Waals surface area contributed by atoms with E-state index in [9.17, 15) is 0 Å². The monoisotopic (exact) mass is 458 g/mol. The molecule has 0 radical (unpaired) electrons. The smallest absolute Gasteiger partial charge is 0.0601 e. The van der Waals surface area contributed by atoms with Gasteiger partial charge in [0.2, 0.25) is 0 Å². The second-order valence-electron chi connectivity index (χ2n) is 8.54. The lowest BCUT2D eigenvalue weighted by molar-refractivity contribution is 0.429. The van der Waals surface area contributed by atoms with Crippen LogP contribution in [0.4, 0.5) is 0 Å². The highest BCUT2D eigenvalue weighted by Crippen LogP contribution is 2.47. The summed E-state index contributed by atoms with van der Waals surface area (Å²) in [5.41, 5.74) is 2.79. The summed E-state index contributed by atoms with van der Waals surface area (Å²) < 4.78 is 6.43. The molecule has 0 aliphatic heterocycles. The molecular weight excluding hydrogens is 416 g/mol. The first kappa shape index (κ1) is 26.4. The zero-order valence-corrected chi connectivity index (χ0v) is 21.6. The van der Waals surface area contributed by atoms with E-state index in [-0.39, 0.29) is 0 Å². The van der Waals surface area contributed by atoms with Crippen LogP contribution in [0.5, 0.6) is 0 Å². The van der Waals surface area contributed by atoms with Gasteiger partial charge in [-0.2, -0.15) is 0 Å². The molecule has 0 heterocycles. The van der Waals surface area contributed by atoms with Crippen LogP contribution in [0.1, 0.15) is 101 Å². The van der Waals surface area contributed by atoms with Crippen molar-refractivity contribution in [3.8, 4) is 0 Å². The second kappa shape index (κ2) is 15.8. The molecule has 0 aromatic heterocycles. The van der Waals surface area contributed by atoms with Crippen molar-refractivity contribution in [2.45, 2.75) is 89.6 Å². The van der Waals surface area contributed by atoms with Crippen LogP contribution < -0.4 is 0 Å². The molecule has 0 saturated carbocycles. The van der Waals surface area contributed by atoms with Crippen molar-refractivity contribution < 1.29 is 3.63 Å². The van der Waals surface area contributed by atoms with Crippen LogP contribution in [0.3, 0.4) is 0 Å². The van der Waals surface area contributed by atoms with Gasteiger partial charge in [0.05, 0.1) is 10.5 Å². The Morgan fingerprint density at radius 1 is 0.613 bits per heavy atom. The molecule has 4 atom stereocenters. The molecule has 0 aliphatic rings. The van der Waals surface area contributed by atoms with E-state index in [4.69, 9.17) is 3.63 Å². The first-order valence-corrected chi connectivity index (χ1v) is 13.9. The number of hydrogen-bond donors (Lipinski definition) is 0. The molecule has 0 aliphatic carbocycles. The standard InChI is InChI=1S/C28H42OS2/c1-5-9-17-23(7-3)27(25-19-13-11-14-20-25)30-29-31-28(24(8-4)18-10-6-2)26-21-15-12-16-22-26/h11-16,19-24,27-28H,5-10,17-18H2,1-4H3. The summed E-state index contributed by atoms with van der Waals surface area (Å²) in [5, 5.41) is 0.773. The van der Waals surface area contributed by atoms with Gasteiger partial charge in [0.15, 0.2) is 0 Å². The van der Waals surface area contributed by atoms with Gasteiger partial charge in [-0.05, 0) is 35.8 Å². The van der Waals surface area contributed by atoms with E-state index in [1.54, 1.807) is 24.1 Å². The highest BCUT2D eigenvalue weighted by atomic mass is 32.2. The van der Waals surface area contributed by atoms with E-state index in [0.29, 0.717) is 22.3 Å². The summed E-state index contributed by atoms with van der Waals surface area (Å²) >= 11 is 3.39. The van der Waals surface area contributed by atoms with Crippen LogP contribution in [-0.4, -0.2) is 0 Å². The Morgan fingerprint density at radius 2 is 1.00 bits per heavy atom. The Morgan fingerprint density at radius 3 is 1.32 bits per heavy atom. The van der Waals surface area contributed by atoms with Crippen LogP contribution in [0.25, 0.3) is 0 Å². The van der Waals surface area contributed by atoms with Crippen molar-refractivity contribution in [3.63, 3.8) is 0 Å². The van der Waals surface area contributed by atoms with Crippen molar-refractivity contribution in [1.29, 1.82) is 0 Å². The van der Waals surface area contributed by atoms with E-state index >= 15 is 0 Å². The van der Waals surface area contributed by atoms with Crippen molar-refractivity contribution in [2.75, 3.05) is 0 Å². The third-order valence-corrected chi connectivity index (χ3v) is 8.66. The minimum atomic E-state index is 0.386. The molecule has 3 heteroatoms. The van der Waals surface area contributed by atoms with Gasteiger partial charge >= 0.3 is 0 Å². The van der Waals surface area contributed by atoms with Crippen molar-refractivity contribution in [1.82, 2.24) is 0 Å². The fourth-order valence-corrected chi connectivity index (χ4v) is 6.64. The fraction of sp³-hybridized carbons (Fsp3) is 0.571. The molecule has 172 valence electrons. The van der Waals surface area contributed by atoms with Gasteiger partial charge < -0.3 is 0 Å². The predicted molar refractivity (Wildman–Crippen MR) is 141 cm³/mol. The molecule has 1 nitrogen and oxygen atoms in total. The third-order valence-electron chi connectivity index (χ3n) is 6.30. The molecule has 2 aromatic carbocycles. The average Bonchev–Trinajstić information content (AvgIpc) is 2.83. The lowest BCUT2D eigenvalue weighted by Gasteiger charge is -2.28. The molecule has 0 N–H and O–H groups in total. The van der Waals surface area contributed by atoms with Gasteiger partial charge in [-0.3, -0.25) is 0 Å². The number of benzene rings is 2. The van der Waals surface area contributed by atoms with Crippen molar-refractivity contribution in [2.24, 2.45) is 11.8 Å². The normalized spacial score (nSPS) is 15.4. The first-order chi connectivity index (χ1) is 15.2. The summed E-state index contributed by atoms with van der Waals surface area (Å²) in [6.07, 6.45) is 10.0. The van der Waals surface area contributed by atoms with Gasteiger partial charge in [-0.1, -0.05) is 127 Å². The molecule has 0 amide bonds. The zero-order chi connectivity index (χ0) is 22.3. The number of unbranched alkanes of at least 4 members (excludes halogenated alkanes) is 2. The van der Waals surface area contributed by atoms with Gasteiger partial charge in [-0.25, -0.2) is 3.63 Å². The summed E-state index contributed by atoms with van der Waals surface area (Å²) in [7, 11) is 0. The first-order valence-electron chi connectivity index (χ1n) is 12.3. The van der Waals surface area contributed by atoms with E-state index in [1.165, 1.54) is 62.5 Å². The van der Waals surface area contributed by atoms with E-state index in [0.717, 1.165) is 0 Å². The summed E-state index contributed by atoms with van der Waals surface area (Å²) in [6.45, 7) is 9.23. The molecule has 4 unspecified atom stereocenters. The molecule has 2 aromatic rings. The number of hydrogen-bond acceptors (Lipinski definition) is 3. The Hall–Kier alpha value is -0.900. The minimum Gasteiger partial charge on any atom is -0.246 e. The van der Waals surface area contributed by atoms with Crippen LogP contribution in [0.2, 0.25) is 0 Å². The maximum absolute atomic E-state index is 6.43. The maximum atomic E-state index is 6.43. The van der Waals surface area contributed by atoms with Crippen LogP contribution in [0.15, 0.2) is 60.7 Å². The average molecular weight is 459 g/mol. The molecule has 0 saturated heterocycles. The van der Waals surface area contributed by atoms with E-state index in [2.05, 4.69) is 88.4 Å². The molecule has 31 heavy (non-hydrogen) atoms. The van der Waals surface area contributed by atoms with Crippen LogP contribution in [0, 0.1) is 11.8 Å². The van der Waals surface area contributed by atoms with Gasteiger partial charge in [-0.15, -0.1) is 0 Å². The SMILES string of the molecule is CCCCC(CC)C(SOSC(c1ccccc1)C(CC)CCCC)c1ccccc1. The van der Waals surface area contributed by atoms with E-state index < -0.39 is 0 Å². The van der Waals surface area contributed by atoms with Gasteiger partial charge in [0.1, 0.15) is 0 Å². The fourth-order valence-electron chi connectivity index (χ4n) is 4.28. The number of rotatable bonds is 16. The summed E-state index contributed by atoms with van der Waals surface area (Å²) in [5.74, 6) is 1.29. The van der Waals surface area contributed by atoms with E-state index in [1.807, 2.05) is 0 Å².